The lowest BCUT2D eigenvalue weighted by Crippen LogP contribution is -2.29. The van der Waals surface area contributed by atoms with Gasteiger partial charge in [0.25, 0.3) is 0 Å². The smallest absolute Gasteiger partial charge is 0.185 e. The molecular formula is C22H24ClNO2. The molecule has 1 saturated heterocycles. The highest BCUT2D eigenvalue weighted by Gasteiger charge is 2.11. The van der Waals surface area contributed by atoms with E-state index in [-0.39, 0.29) is 5.78 Å². The third kappa shape index (κ3) is 4.47. The maximum absolute atomic E-state index is 12.4. The number of piperidine rings is 1. The van der Waals surface area contributed by atoms with E-state index in [0.717, 1.165) is 30.0 Å². The summed E-state index contributed by atoms with van der Waals surface area (Å²) in [7, 11) is 1.62. The number of carbonyl (C=O) groups excluding carboxylic acids is 1. The van der Waals surface area contributed by atoms with Crippen molar-refractivity contribution in [3.8, 4) is 5.75 Å². The lowest BCUT2D eigenvalue weighted by Gasteiger charge is -2.28. The van der Waals surface area contributed by atoms with E-state index in [9.17, 15) is 4.79 Å². The second-order valence-electron chi connectivity index (χ2n) is 6.50. The van der Waals surface area contributed by atoms with E-state index >= 15 is 0 Å². The van der Waals surface area contributed by atoms with Gasteiger partial charge in [0.1, 0.15) is 5.75 Å². The minimum atomic E-state index is -0.00145. The third-order valence-electron chi connectivity index (χ3n) is 4.75. The van der Waals surface area contributed by atoms with E-state index in [2.05, 4.69) is 4.90 Å². The Kier molecular flexibility index (Phi) is 6.35. The molecule has 0 spiro atoms. The second kappa shape index (κ2) is 8.91. The first-order valence-corrected chi connectivity index (χ1v) is 9.55. The first kappa shape index (κ1) is 18.5. The number of anilines is 1. The molecule has 0 atom stereocenters. The number of allylic oxidation sites excluding steroid dienone is 1. The average molecular weight is 370 g/mol. The van der Waals surface area contributed by atoms with Gasteiger partial charge in [-0.1, -0.05) is 12.1 Å². The summed E-state index contributed by atoms with van der Waals surface area (Å²) in [4.78, 5) is 14.8. The molecule has 0 bridgehead atoms. The minimum Gasteiger partial charge on any atom is -0.496 e. The fourth-order valence-corrected chi connectivity index (χ4v) is 3.47. The molecule has 2 aromatic carbocycles. The van der Waals surface area contributed by atoms with E-state index in [1.54, 1.807) is 13.2 Å². The molecule has 0 N–H and O–H groups in total. The predicted molar refractivity (Wildman–Crippen MR) is 108 cm³/mol. The summed E-state index contributed by atoms with van der Waals surface area (Å²) in [5.41, 5.74) is 3.75. The molecule has 2 aromatic rings. The molecule has 3 rings (SSSR count). The Morgan fingerprint density at radius 3 is 2.50 bits per heavy atom. The van der Waals surface area contributed by atoms with Gasteiger partial charge in [-0.2, -0.15) is 0 Å². The third-order valence-corrected chi connectivity index (χ3v) is 5.04. The van der Waals surface area contributed by atoms with Gasteiger partial charge in [0.05, 0.1) is 13.0 Å². The van der Waals surface area contributed by atoms with Gasteiger partial charge in [0.15, 0.2) is 5.78 Å². The maximum atomic E-state index is 12.4. The number of ether oxygens (including phenoxy) is 1. The Morgan fingerprint density at radius 2 is 1.85 bits per heavy atom. The summed E-state index contributed by atoms with van der Waals surface area (Å²) in [5, 5.41) is 0. The van der Waals surface area contributed by atoms with Crippen molar-refractivity contribution in [2.75, 3.05) is 25.1 Å². The van der Waals surface area contributed by atoms with Gasteiger partial charge < -0.3 is 9.64 Å². The largest absolute Gasteiger partial charge is 0.496 e. The van der Waals surface area contributed by atoms with Crippen molar-refractivity contribution in [2.45, 2.75) is 25.1 Å². The number of nitrogens with zero attached hydrogens (tertiary/aromatic N) is 1. The number of hydrogen-bond acceptors (Lipinski definition) is 3. The van der Waals surface area contributed by atoms with Crippen LogP contribution in [-0.4, -0.2) is 26.0 Å². The fourth-order valence-electron chi connectivity index (χ4n) is 3.26. The predicted octanol–water partition coefficient (Wildman–Crippen LogP) is 5.32. The molecule has 1 heterocycles. The number of benzene rings is 2. The second-order valence-corrected chi connectivity index (χ2v) is 6.76. The van der Waals surface area contributed by atoms with Crippen molar-refractivity contribution in [2.24, 2.45) is 0 Å². The Balaban J connectivity index is 1.68. The molecule has 1 aliphatic heterocycles. The van der Waals surface area contributed by atoms with E-state index in [1.165, 1.54) is 24.9 Å². The van der Waals surface area contributed by atoms with Crippen LogP contribution in [0, 0.1) is 0 Å². The number of hydrogen-bond donors (Lipinski definition) is 0. The topological polar surface area (TPSA) is 29.5 Å². The lowest BCUT2D eigenvalue weighted by atomic mass is 10.1. The van der Waals surface area contributed by atoms with E-state index < -0.39 is 0 Å². The van der Waals surface area contributed by atoms with Gasteiger partial charge >= 0.3 is 0 Å². The van der Waals surface area contributed by atoms with Gasteiger partial charge in [0, 0.05) is 29.9 Å². The minimum absolute atomic E-state index is 0.00145. The van der Waals surface area contributed by atoms with Crippen LogP contribution in [0.25, 0.3) is 6.08 Å². The summed E-state index contributed by atoms with van der Waals surface area (Å²) in [6.45, 7) is 2.21. The van der Waals surface area contributed by atoms with Crippen molar-refractivity contribution in [3.05, 3.63) is 65.2 Å². The van der Waals surface area contributed by atoms with E-state index in [1.807, 2.05) is 48.5 Å². The van der Waals surface area contributed by atoms with Crippen LogP contribution in [0.4, 0.5) is 5.69 Å². The Labute approximate surface area is 160 Å². The van der Waals surface area contributed by atoms with Crippen molar-refractivity contribution >= 4 is 29.1 Å². The van der Waals surface area contributed by atoms with Crippen LogP contribution in [0.1, 0.15) is 40.7 Å². The van der Waals surface area contributed by atoms with Crippen LogP contribution in [0.5, 0.6) is 5.75 Å². The van der Waals surface area contributed by atoms with Gasteiger partial charge in [0.2, 0.25) is 0 Å². The average Bonchev–Trinajstić information content (AvgIpc) is 2.72. The molecule has 0 saturated carbocycles. The van der Waals surface area contributed by atoms with E-state index in [0.29, 0.717) is 11.4 Å². The molecule has 3 nitrogen and oxygen atoms in total. The quantitative estimate of drug-likeness (QED) is 0.392. The van der Waals surface area contributed by atoms with Crippen LogP contribution in [-0.2, 0) is 5.88 Å². The highest BCUT2D eigenvalue weighted by atomic mass is 35.5. The highest BCUT2D eigenvalue weighted by molar-refractivity contribution is 6.17. The molecule has 0 radical (unpaired) electrons. The zero-order valence-corrected chi connectivity index (χ0v) is 15.8. The maximum Gasteiger partial charge on any atom is 0.185 e. The summed E-state index contributed by atoms with van der Waals surface area (Å²) in [6.07, 6.45) is 7.23. The van der Waals surface area contributed by atoms with Crippen molar-refractivity contribution in [1.82, 2.24) is 0 Å². The monoisotopic (exact) mass is 369 g/mol. The van der Waals surface area contributed by atoms with Crippen LogP contribution in [0.3, 0.4) is 0 Å². The van der Waals surface area contributed by atoms with Gasteiger partial charge in [-0.15, -0.1) is 11.6 Å². The van der Waals surface area contributed by atoms with Gasteiger partial charge in [-0.05, 0) is 67.3 Å². The van der Waals surface area contributed by atoms with Crippen molar-refractivity contribution in [1.29, 1.82) is 0 Å². The Morgan fingerprint density at radius 1 is 1.12 bits per heavy atom. The lowest BCUT2D eigenvalue weighted by molar-refractivity contribution is 0.104. The van der Waals surface area contributed by atoms with Crippen LogP contribution >= 0.6 is 11.6 Å². The zero-order chi connectivity index (χ0) is 18.4. The van der Waals surface area contributed by atoms with Gasteiger partial charge in [-0.25, -0.2) is 0 Å². The molecule has 0 unspecified atom stereocenters. The molecule has 136 valence electrons. The van der Waals surface area contributed by atoms with Crippen molar-refractivity contribution < 1.29 is 9.53 Å². The Hall–Kier alpha value is -2.26. The first-order chi connectivity index (χ1) is 12.7. The van der Waals surface area contributed by atoms with Gasteiger partial charge in [-0.3, -0.25) is 4.79 Å². The molecule has 0 aliphatic carbocycles. The number of carbonyl (C=O) groups is 1. The molecule has 26 heavy (non-hydrogen) atoms. The van der Waals surface area contributed by atoms with Crippen LogP contribution < -0.4 is 9.64 Å². The van der Waals surface area contributed by atoms with Crippen LogP contribution in [0.15, 0.2) is 48.5 Å². The number of alkyl halides is 1. The summed E-state index contributed by atoms with van der Waals surface area (Å²) >= 11 is 5.95. The normalized spacial score (nSPS) is 14.6. The number of ketones is 1. The first-order valence-electron chi connectivity index (χ1n) is 9.01. The molecule has 0 aromatic heterocycles. The molecule has 1 fully saturated rings. The molecule has 1 aliphatic rings. The molecule has 4 heteroatoms. The van der Waals surface area contributed by atoms with Crippen LogP contribution in [0.2, 0.25) is 0 Å². The highest BCUT2D eigenvalue weighted by Crippen LogP contribution is 2.23. The Bertz CT molecular complexity index is 777. The number of rotatable bonds is 6. The summed E-state index contributed by atoms with van der Waals surface area (Å²) in [6, 6.07) is 13.6. The summed E-state index contributed by atoms with van der Waals surface area (Å²) < 4.78 is 5.27. The number of methoxy groups -OCH3 is 1. The standard InChI is InChI=1S/C22H24ClNO2/c1-26-22-12-6-17(15-19(22)16-23)5-11-21(25)18-7-9-20(10-8-18)24-13-3-2-4-14-24/h5-12,15H,2-4,13-14,16H2,1H3/b11-5+. The molecule has 0 amide bonds. The zero-order valence-electron chi connectivity index (χ0n) is 15.1. The number of halogens is 1. The molecular weight excluding hydrogens is 346 g/mol. The van der Waals surface area contributed by atoms with Crippen molar-refractivity contribution in [3.63, 3.8) is 0 Å². The summed E-state index contributed by atoms with van der Waals surface area (Å²) in [5.74, 6) is 1.13. The fraction of sp³-hybridized carbons (Fsp3) is 0.318. The van der Waals surface area contributed by atoms with E-state index in [4.69, 9.17) is 16.3 Å². The SMILES string of the molecule is COc1ccc(/C=C/C(=O)c2ccc(N3CCCCC3)cc2)cc1CCl.